The second-order valence-electron chi connectivity index (χ2n) is 7.35. The summed E-state index contributed by atoms with van der Waals surface area (Å²) in [7, 11) is -3.69. The van der Waals surface area contributed by atoms with Crippen molar-refractivity contribution in [2.75, 3.05) is 11.9 Å². The van der Waals surface area contributed by atoms with Crippen molar-refractivity contribution in [2.45, 2.75) is 31.6 Å². The van der Waals surface area contributed by atoms with E-state index < -0.39 is 15.8 Å². The zero-order valence-corrected chi connectivity index (χ0v) is 17.4. The van der Waals surface area contributed by atoms with E-state index in [-0.39, 0.29) is 17.4 Å². The highest BCUT2D eigenvalue weighted by molar-refractivity contribution is 7.88. The van der Waals surface area contributed by atoms with Crippen LogP contribution in [0, 0.1) is 12.7 Å². The van der Waals surface area contributed by atoms with Gasteiger partial charge in [-0.15, -0.1) is 0 Å². The van der Waals surface area contributed by atoms with Crippen molar-refractivity contribution >= 4 is 21.7 Å². The van der Waals surface area contributed by atoms with Gasteiger partial charge in [0.15, 0.2) is 0 Å². The van der Waals surface area contributed by atoms with E-state index in [4.69, 9.17) is 0 Å². The molecule has 0 radical (unpaired) electrons. The smallest absolute Gasteiger partial charge is 0.219 e. The number of hydrogen-bond donors (Lipinski definition) is 1. The van der Waals surface area contributed by atoms with Gasteiger partial charge < -0.3 is 5.32 Å². The Hall–Kier alpha value is -2.84. The van der Waals surface area contributed by atoms with Crippen LogP contribution in [0.25, 0.3) is 0 Å². The molecule has 0 unspecified atom stereocenters. The van der Waals surface area contributed by atoms with E-state index in [0.717, 1.165) is 12.1 Å². The minimum absolute atomic E-state index is 0.178. The molecule has 0 aliphatic carbocycles. The molecule has 2 aromatic heterocycles. The summed E-state index contributed by atoms with van der Waals surface area (Å²) in [5.41, 5.74) is 1.73. The Balaban J connectivity index is 1.57. The van der Waals surface area contributed by atoms with Crippen molar-refractivity contribution in [1.82, 2.24) is 14.3 Å². The number of sulfonamides is 1. The highest BCUT2D eigenvalue weighted by atomic mass is 32.2. The fraction of sp³-hybridized carbons (Fsp3) is 0.273. The SMILES string of the molecule is Cc1cccc(Nc2cccc([C@@H]3CCCN3S(=O)(=O)Cc3ccccc3F)n2)n1. The first kappa shape index (κ1) is 20.4. The third kappa shape index (κ3) is 4.49. The van der Waals surface area contributed by atoms with Crippen molar-refractivity contribution in [3.63, 3.8) is 0 Å². The normalized spacial score (nSPS) is 17.2. The number of pyridine rings is 2. The molecule has 0 amide bonds. The molecule has 1 aliphatic rings. The van der Waals surface area contributed by atoms with Crippen molar-refractivity contribution < 1.29 is 12.8 Å². The second-order valence-corrected chi connectivity index (χ2v) is 9.27. The summed E-state index contributed by atoms with van der Waals surface area (Å²) >= 11 is 0. The molecule has 0 spiro atoms. The number of nitrogens with one attached hydrogen (secondary N) is 1. The molecule has 0 bridgehead atoms. The van der Waals surface area contributed by atoms with E-state index in [1.54, 1.807) is 12.1 Å². The van der Waals surface area contributed by atoms with Crippen LogP contribution in [-0.4, -0.2) is 29.2 Å². The van der Waals surface area contributed by atoms with Gasteiger partial charge in [-0.2, -0.15) is 4.31 Å². The monoisotopic (exact) mass is 426 g/mol. The van der Waals surface area contributed by atoms with Crippen molar-refractivity contribution in [3.05, 3.63) is 83.4 Å². The largest absolute Gasteiger partial charge is 0.325 e. The van der Waals surface area contributed by atoms with Gasteiger partial charge in [0.2, 0.25) is 10.0 Å². The zero-order chi connectivity index (χ0) is 21.1. The summed E-state index contributed by atoms with van der Waals surface area (Å²) in [6.07, 6.45) is 1.41. The topological polar surface area (TPSA) is 75.2 Å². The molecule has 4 rings (SSSR count). The van der Waals surface area contributed by atoms with Gasteiger partial charge in [-0.1, -0.05) is 30.3 Å². The van der Waals surface area contributed by atoms with Crippen LogP contribution in [0.2, 0.25) is 0 Å². The first-order valence-corrected chi connectivity index (χ1v) is 11.4. The lowest BCUT2D eigenvalue weighted by atomic mass is 10.1. The van der Waals surface area contributed by atoms with Crippen LogP contribution in [0.3, 0.4) is 0 Å². The lowest BCUT2D eigenvalue weighted by molar-refractivity contribution is 0.389. The first-order chi connectivity index (χ1) is 14.4. The van der Waals surface area contributed by atoms with Gasteiger partial charge in [-0.3, -0.25) is 0 Å². The van der Waals surface area contributed by atoms with E-state index in [1.165, 1.54) is 16.4 Å². The fourth-order valence-corrected chi connectivity index (χ4v) is 5.52. The van der Waals surface area contributed by atoms with Gasteiger partial charge in [-0.05, 0) is 50.1 Å². The maximum Gasteiger partial charge on any atom is 0.219 e. The lowest BCUT2D eigenvalue weighted by Crippen LogP contribution is -2.32. The molecule has 6 nitrogen and oxygen atoms in total. The molecule has 1 fully saturated rings. The van der Waals surface area contributed by atoms with Crippen LogP contribution in [-0.2, 0) is 15.8 Å². The van der Waals surface area contributed by atoms with Crippen molar-refractivity contribution in [3.8, 4) is 0 Å². The predicted octanol–water partition coefficient (Wildman–Crippen LogP) is 4.33. The molecular formula is C22H23FN4O2S. The van der Waals surface area contributed by atoms with Crippen LogP contribution in [0.4, 0.5) is 16.0 Å². The van der Waals surface area contributed by atoms with Gasteiger partial charge in [0, 0.05) is 17.8 Å². The Bertz CT molecular complexity index is 1150. The Labute approximate surface area is 175 Å². The Morgan fingerprint density at radius 2 is 1.77 bits per heavy atom. The fourth-order valence-electron chi connectivity index (χ4n) is 3.71. The van der Waals surface area contributed by atoms with Crippen LogP contribution in [0.1, 0.15) is 35.8 Å². The molecule has 1 aliphatic heterocycles. The molecular weight excluding hydrogens is 403 g/mol. The van der Waals surface area contributed by atoms with Crippen LogP contribution in [0.15, 0.2) is 60.7 Å². The second kappa shape index (κ2) is 8.49. The summed E-state index contributed by atoms with van der Waals surface area (Å²) in [5, 5.41) is 3.17. The zero-order valence-electron chi connectivity index (χ0n) is 16.6. The van der Waals surface area contributed by atoms with E-state index in [9.17, 15) is 12.8 Å². The molecule has 3 aromatic rings. The summed E-state index contributed by atoms with van der Waals surface area (Å²) < 4.78 is 41.6. The average molecular weight is 427 g/mol. The molecule has 30 heavy (non-hydrogen) atoms. The summed E-state index contributed by atoms with van der Waals surface area (Å²) in [4.78, 5) is 9.05. The summed E-state index contributed by atoms with van der Waals surface area (Å²) in [6.45, 7) is 2.31. The Kier molecular flexibility index (Phi) is 5.78. The Morgan fingerprint density at radius 1 is 1.03 bits per heavy atom. The van der Waals surface area contributed by atoms with Gasteiger partial charge in [-0.25, -0.2) is 22.8 Å². The van der Waals surface area contributed by atoms with E-state index >= 15 is 0 Å². The van der Waals surface area contributed by atoms with Gasteiger partial charge in [0.25, 0.3) is 0 Å². The molecule has 3 heterocycles. The third-order valence-electron chi connectivity index (χ3n) is 5.11. The summed E-state index contributed by atoms with van der Waals surface area (Å²) in [6, 6.07) is 16.8. The molecule has 0 saturated carbocycles. The average Bonchev–Trinajstić information content (AvgIpc) is 3.21. The van der Waals surface area contributed by atoms with Crippen LogP contribution < -0.4 is 5.32 Å². The van der Waals surface area contributed by atoms with Crippen molar-refractivity contribution in [1.29, 1.82) is 0 Å². The van der Waals surface area contributed by atoms with E-state index in [0.29, 0.717) is 30.3 Å². The maximum atomic E-state index is 14.0. The van der Waals surface area contributed by atoms with Crippen molar-refractivity contribution in [2.24, 2.45) is 0 Å². The third-order valence-corrected chi connectivity index (χ3v) is 6.94. The van der Waals surface area contributed by atoms with Gasteiger partial charge >= 0.3 is 0 Å². The first-order valence-electron chi connectivity index (χ1n) is 9.83. The number of aromatic nitrogens is 2. The van der Waals surface area contributed by atoms with Crippen LogP contribution >= 0.6 is 0 Å². The number of aryl methyl sites for hydroxylation is 1. The number of nitrogens with zero attached hydrogens (tertiary/aromatic N) is 3. The number of halogens is 1. The maximum absolute atomic E-state index is 14.0. The molecule has 8 heteroatoms. The standard InChI is InChI=1S/C22H23FN4O2S/c1-16-7-4-12-21(24-16)26-22-13-5-10-19(25-22)20-11-6-14-27(20)30(28,29)15-17-8-2-3-9-18(17)23/h2-5,7-10,12-13,20H,6,11,14-15H2,1H3,(H,24,25,26)/t20-/m0/s1. The number of benzene rings is 1. The van der Waals surface area contributed by atoms with Gasteiger partial charge in [0.1, 0.15) is 17.5 Å². The molecule has 1 atom stereocenters. The number of anilines is 2. The molecule has 1 aromatic carbocycles. The Morgan fingerprint density at radius 3 is 2.53 bits per heavy atom. The van der Waals surface area contributed by atoms with Crippen LogP contribution in [0.5, 0.6) is 0 Å². The quantitative estimate of drug-likeness (QED) is 0.635. The molecule has 1 saturated heterocycles. The highest BCUT2D eigenvalue weighted by Crippen LogP contribution is 2.35. The minimum atomic E-state index is -3.69. The van der Waals surface area contributed by atoms with E-state index in [2.05, 4.69) is 15.3 Å². The molecule has 1 N–H and O–H groups in total. The summed E-state index contributed by atoms with van der Waals surface area (Å²) in [5.74, 6) is 0.410. The predicted molar refractivity (Wildman–Crippen MR) is 114 cm³/mol. The minimum Gasteiger partial charge on any atom is -0.325 e. The van der Waals surface area contributed by atoms with Gasteiger partial charge in [0.05, 0.1) is 17.5 Å². The molecule has 156 valence electrons. The number of rotatable bonds is 6. The van der Waals surface area contributed by atoms with E-state index in [1.807, 2.05) is 43.3 Å². The number of hydrogen-bond acceptors (Lipinski definition) is 5. The lowest BCUT2D eigenvalue weighted by Gasteiger charge is -2.24. The highest BCUT2D eigenvalue weighted by Gasteiger charge is 2.36.